The van der Waals surface area contributed by atoms with Crippen molar-refractivity contribution < 1.29 is 19.1 Å². The number of unbranched alkanes of at least 4 members (excludes halogenated alkanes) is 18. The molecule has 3 rings (SSSR count). The first kappa shape index (κ1) is 49.2. The Morgan fingerprint density at radius 1 is 0.400 bits per heavy atom. The Kier molecular flexibility index (Phi) is 29.5. The molecule has 0 radical (unpaired) electrons. The first-order valence-electron chi connectivity index (χ1n) is 23.6. The van der Waals surface area contributed by atoms with E-state index >= 15 is 0 Å². The summed E-state index contributed by atoms with van der Waals surface area (Å²) in [6.45, 7) is 13.7. The summed E-state index contributed by atoms with van der Waals surface area (Å²) in [4.78, 5) is 0. The van der Waals surface area contributed by atoms with Crippen molar-refractivity contribution >= 4 is 11.4 Å². The molecule has 55 heavy (non-hydrogen) atoms. The van der Waals surface area contributed by atoms with Crippen LogP contribution in [0, 0.1) is 0 Å². The van der Waals surface area contributed by atoms with Crippen molar-refractivity contribution in [1.29, 1.82) is 0 Å². The quantitative estimate of drug-likeness (QED) is 0.0400. The standard InChI is InChI=1S/C44H68N2.2C4H9.Ni/c1-5-9-13-16-19-22-27-37-29-25-31-39(35-37)43-41(33-12-8-4)42(34-24-21-18-15-11-7-3)44(46(43)45)40-32-26-30-38(36-40)28-23-20-17-14-10-6-2;2*1-3-4-2;/h25-26,29-32,35-36H,5-24,27-28,33-34H2,1-4H3;2*1,3-4H2,2H3;. The molecule has 0 N–H and O–H groups in total. The number of aryl methyl sites for hydroxylation is 2. The minimum absolute atomic E-state index is 1.02. The summed E-state index contributed by atoms with van der Waals surface area (Å²) in [7, 11) is 0. The van der Waals surface area contributed by atoms with Crippen LogP contribution in [-0.4, -0.2) is 4.70 Å². The van der Waals surface area contributed by atoms with Gasteiger partial charge in [-0.25, -0.2) is 4.70 Å². The Morgan fingerprint density at radius 3 is 1.15 bits per heavy atom. The van der Waals surface area contributed by atoms with Crippen LogP contribution in [0.5, 0.6) is 0 Å². The monoisotopic (exact) mass is 797 g/mol. The van der Waals surface area contributed by atoms with E-state index in [9.17, 15) is 5.53 Å². The van der Waals surface area contributed by atoms with Crippen molar-refractivity contribution in [3.8, 4) is 0 Å². The van der Waals surface area contributed by atoms with Gasteiger partial charge in [0, 0.05) is 22.3 Å². The third-order valence-corrected chi connectivity index (χ3v) is 12.5. The molecule has 314 valence electrons. The van der Waals surface area contributed by atoms with Gasteiger partial charge < -0.3 is 5.53 Å². The average Bonchev–Trinajstić information content (AvgIpc) is 3.48. The van der Waals surface area contributed by atoms with E-state index in [-0.39, 0.29) is 0 Å². The summed E-state index contributed by atoms with van der Waals surface area (Å²) >= 11 is 1.94. The van der Waals surface area contributed by atoms with E-state index in [1.54, 1.807) is 4.70 Å². The van der Waals surface area contributed by atoms with Gasteiger partial charge in [-0.1, -0.05) is 155 Å². The van der Waals surface area contributed by atoms with E-state index in [0.29, 0.717) is 0 Å². The van der Waals surface area contributed by atoms with Crippen molar-refractivity contribution in [3.05, 3.63) is 87.5 Å². The molecule has 2 aromatic rings. The van der Waals surface area contributed by atoms with Gasteiger partial charge in [0.1, 0.15) is 0 Å². The number of allylic oxidation sites excluding steroid dienone is 2. The average molecular weight is 798 g/mol. The van der Waals surface area contributed by atoms with E-state index < -0.39 is 0 Å². The second-order valence-electron chi connectivity index (χ2n) is 16.2. The zero-order valence-corrected chi connectivity index (χ0v) is 38.0. The molecule has 0 saturated heterocycles. The molecular weight excluding hydrogens is 711 g/mol. The van der Waals surface area contributed by atoms with Gasteiger partial charge in [0.05, 0.1) is 0 Å². The third kappa shape index (κ3) is 20.3. The molecule has 0 fully saturated rings. The Hall–Kier alpha value is -1.99. The van der Waals surface area contributed by atoms with Crippen molar-refractivity contribution in [1.82, 2.24) is 0 Å². The number of benzene rings is 2. The van der Waals surface area contributed by atoms with Crippen molar-refractivity contribution in [2.24, 2.45) is 0 Å². The van der Waals surface area contributed by atoms with Gasteiger partial charge in [0.2, 0.25) is 11.4 Å². The fraction of sp³-hybridized carbons (Fsp3) is 0.692. The van der Waals surface area contributed by atoms with Gasteiger partial charge in [-0.2, -0.15) is 0 Å². The molecule has 0 aliphatic carbocycles. The Bertz CT molecular complexity index is 1330. The fourth-order valence-electron chi connectivity index (χ4n) is 7.65. The molecule has 0 spiro atoms. The van der Waals surface area contributed by atoms with Crippen LogP contribution in [0.2, 0.25) is 10.8 Å². The molecule has 3 heteroatoms. The van der Waals surface area contributed by atoms with Gasteiger partial charge in [-0.05, 0) is 86.8 Å². The number of hydrogen-bond acceptors (Lipinski definition) is 0. The van der Waals surface area contributed by atoms with E-state index in [2.05, 4.69) is 90.1 Å². The Morgan fingerprint density at radius 2 is 0.745 bits per heavy atom. The summed E-state index contributed by atoms with van der Waals surface area (Å²) in [5, 5.41) is 2.78. The number of hydrogen-bond donors (Lipinski definition) is 0. The molecule has 0 bridgehead atoms. The second kappa shape index (κ2) is 33.0. The van der Waals surface area contributed by atoms with Gasteiger partial charge in [-0.3, -0.25) is 0 Å². The molecule has 2 aromatic carbocycles. The van der Waals surface area contributed by atoms with Crippen LogP contribution < -0.4 is 0 Å². The van der Waals surface area contributed by atoms with E-state index in [0.717, 1.165) is 49.9 Å². The predicted octanol–water partition coefficient (Wildman–Crippen LogP) is 18.1. The van der Waals surface area contributed by atoms with Crippen LogP contribution >= 0.6 is 0 Å². The summed E-state index contributed by atoms with van der Waals surface area (Å²) in [5.41, 5.74) is 22.2. The van der Waals surface area contributed by atoms with Crippen molar-refractivity contribution in [2.45, 2.75) is 232 Å². The number of rotatable bonds is 32. The molecule has 0 saturated carbocycles. The predicted molar refractivity (Wildman–Crippen MR) is 241 cm³/mol. The topological polar surface area (TPSA) is 25.3 Å². The van der Waals surface area contributed by atoms with Gasteiger partial charge in [-0.15, -0.1) is 0 Å². The molecule has 1 aliphatic heterocycles. The molecule has 0 amide bonds. The van der Waals surface area contributed by atoms with E-state index in [1.807, 2.05) is 14.4 Å². The molecule has 2 nitrogen and oxygen atoms in total. The molecule has 0 unspecified atom stereocenters. The van der Waals surface area contributed by atoms with Crippen molar-refractivity contribution in [3.63, 3.8) is 0 Å². The summed E-state index contributed by atoms with van der Waals surface area (Å²) in [6, 6.07) is 18.2. The van der Waals surface area contributed by atoms with Crippen LogP contribution in [0.3, 0.4) is 0 Å². The summed E-state index contributed by atoms with van der Waals surface area (Å²) in [5.74, 6) is 0. The zero-order valence-electron chi connectivity index (χ0n) is 37.0. The summed E-state index contributed by atoms with van der Waals surface area (Å²) < 4.78 is 1.60. The number of nitrogens with zero attached hydrogens (tertiary/aromatic N) is 2. The Labute approximate surface area is 348 Å². The van der Waals surface area contributed by atoms with Gasteiger partial charge in [0.15, 0.2) is 0 Å². The fourth-order valence-corrected chi connectivity index (χ4v) is 9.09. The van der Waals surface area contributed by atoms with Crippen LogP contribution in [0.4, 0.5) is 0 Å². The molecule has 1 heterocycles. The summed E-state index contributed by atoms with van der Waals surface area (Å²) in [6.07, 6.45) is 35.7. The normalized spacial score (nSPS) is 12.9. The third-order valence-electron chi connectivity index (χ3n) is 11.1. The molecule has 1 aliphatic rings. The van der Waals surface area contributed by atoms with Crippen LogP contribution in [0.25, 0.3) is 16.9 Å². The molecule has 0 aromatic heterocycles. The maximum atomic E-state index is 12.2. The minimum atomic E-state index is 1.02. The SMILES string of the molecule is CCCCCCCCC1=C(c2cccc(CCCCCCCC)c2)[N+](=[N-])C(c2cccc(CCCCCCCC)c2)=C1CCCC.CCC[CH2][Ni][CH2]CCC. The molecule has 0 atom stereocenters. The van der Waals surface area contributed by atoms with Crippen LogP contribution in [0.15, 0.2) is 59.7 Å². The van der Waals surface area contributed by atoms with Gasteiger partial charge in [0.25, 0.3) is 0 Å². The Balaban J connectivity index is 0.00000103. The first-order valence-corrected chi connectivity index (χ1v) is 25.0. The van der Waals surface area contributed by atoms with Gasteiger partial charge >= 0.3 is 64.8 Å². The second-order valence-corrected chi connectivity index (χ2v) is 17.7. The zero-order chi connectivity index (χ0) is 39.8. The van der Waals surface area contributed by atoms with E-state index in [4.69, 9.17) is 0 Å². The maximum absolute atomic E-state index is 12.2. The molecular formula is C52H86N2Ni. The van der Waals surface area contributed by atoms with Crippen molar-refractivity contribution in [2.75, 3.05) is 0 Å². The van der Waals surface area contributed by atoms with Crippen LogP contribution in [-0.2, 0) is 27.3 Å². The first-order chi connectivity index (χ1) is 27.1. The van der Waals surface area contributed by atoms with Crippen LogP contribution in [0.1, 0.15) is 231 Å². The van der Waals surface area contributed by atoms with E-state index in [1.165, 1.54) is 185 Å².